The van der Waals surface area contributed by atoms with E-state index in [4.69, 9.17) is 6.42 Å². The Bertz CT molecular complexity index is 949. The molecule has 0 atom stereocenters. The standard InChI is InChI=1S/C23H27N3O/c1-5-17-8-9-21-20(16(17)4)12-19(15-24)26(21)11-10-23(7-3)13-18(14-23)25-22(27)6-2/h3,8-9,12,18H,5-6,10-11,13-14H2,1-2,4H3,(H,25,27). The second-order valence-corrected chi connectivity index (χ2v) is 7.63. The summed E-state index contributed by atoms with van der Waals surface area (Å²) in [5.74, 6) is 3.05. The van der Waals surface area contributed by atoms with Gasteiger partial charge in [-0.05, 0) is 55.9 Å². The number of rotatable bonds is 6. The van der Waals surface area contributed by atoms with Gasteiger partial charge in [-0.1, -0.05) is 25.8 Å². The number of benzene rings is 1. The largest absolute Gasteiger partial charge is 0.353 e. The van der Waals surface area contributed by atoms with Crippen LogP contribution in [-0.2, 0) is 17.8 Å². The minimum absolute atomic E-state index is 0.0796. The predicted octanol–water partition coefficient (Wildman–Crippen LogP) is 4.08. The number of nitriles is 1. The topological polar surface area (TPSA) is 57.8 Å². The van der Waals surface area contributed by atoms with Crippen LogP contribution < -0.4 is 5.32 Å². The summed E-state index contributed by atoms with van der Waals surface area (Å²) in [6.45, 7) is 6.85. The molecule has 27 heavy (non-hydrogen) atoms. The fraction of sp³-hybridized carbons (Fsp3) is 0.478. The number of hydrogen-bond acceptors (Lipinski definition) is 2. The molecule has 0 aliphatic heterocycles. The summed E-state index contributed by atoms with van der Waals surface area (Å²) in [4.78, 5) is 11.6. The third kappa shape index (κ3) is 3.45. The summed E-state index contributed by atoms with van der Waals surface area (Å²) in [6, 6.07) is 8.79. The van der Waals surface area contributed by atoms with Gasteiger partial charge in [0.05, 0.1) is 0 Å². The number of aromatic nitrogens is 1. The van der Waals surface area contributed by atoms with Crippen LogP contribution in [0, 0.1) is 36.0 Å². The van der Waals surface area contributed by atoms with Crippen LogP contribution in [0.4, 0.5) is 0 Å². The first-order valence-electron chi connectivity index (χ1n) is 9.76. The van der Waals surface area contributed by atoms with E-state index in [0.29, 0.717) is 12.1 Å². The van der Waals surface area contributed by atoms with Gasteiger partial charge in [-0.2, -0.15) is 5.26 Å². The molecule has 0 unspecified atom stereocenters. The lowest BCUT2D eigenvalue weighted by Gasteiger charge is -2.44. The zero-order valence-electron chi connectivity index (χ0n) is 16.4. The molecule has 1 heterocycles. The van der Waals surface area contributed by atoms with Crippen molar-refractivity contribution < 1.29 is 4.79 Å². The van der Waals surface area contributed by atoms with Crippen LogP contribution >= 0.6 is 0 Å². The van der Waals surface area contributed by atoms with E-state index < -0.39 is 0 Å². The Labute approximate surface area is 161 Å². The van der Waals surface area contributed by atoms with E-state index in [1.165, 1.54) is 11.1 Å². The third-order valence-electron chi connectivity index (χ3n) is 6.04. The lowest BCUT2D eigenvalue weighted by Crippen LogP contribution is -2.50. The van der Waals surface area contributed by atoms with Crippen molar-refractivity contribution in [2.24, 2.45) is 5.41 Å². The molecule has 0 saturated heterocycles. The summed E-state index contributed by atoms with van der Waals surface area (Å²) in [5.41, 5.74) is 4.17. The van der Waals surface area contributed by atoms with Crippen molar-refractivity contribution in [3.05, 3.63) is 35.0 Å². The van der Waals surface area contributed by atoms with Gasteiger partial charge in [-0.15, -0.1) is 6.42 Å². The molecular weight excluding hydrogens is 334 g/mol. The zero-order valence-corrected chi connectivity index (χ0v) is 16.4. The first-order valence-corrected chi connectivity index (χ1v) is 9.76. The Hall–Kier alpha value is -2.72. The maximum atomic E-state index is 11.6. The molecule has 2 aromatic rings. The van der Waals surface area contributed by atoms with E-state index in [-0.39, 0.29) is 17.4 Å². The Morgan fingerprint density at radius 2 is 2.15 bits per heavy atom. The van der Waals surface area contributed by atoms with E-state index in [2.05, 4.69) is 47.9 Å². The molecule has 1 aromatic carbocycles. The smallest absolute Gasteiger partial charge is 0.219 e. The third-order valence-corrected chi connectivity index (χ3v) is 6.04. The van der Waals surface area contributed by atoms with Crippen molar-refractivity contribution in [3.63, 3.8) is 0 Å². The van der Waals surface area contributed by atoms with Gasteiger partial charge in [0.2, 0.25) is 5.91 Å². The fourth-order valence-corrected chi connectivity index (χ4v) is 4.27. The van der Waals surface area contributed by atoms with Gasteiger partial charge >= 0.3 is 0 Å². The average molecular weight is 361 g/mol. The molecule has 1 aromatic heterocycles. The van der Waals surface area contributed by atoms with E-state index in [1.807, 2.05) is 13.0 Å². The molecule has 0 radical (unpaired) electrons. The highest BCUT2D eigenvalue weighted by atomic mass is 16.1. The SMILES string of the molecule is C#CC1(CCn2c(C#N)cc3c(C)c(CC)ccc32)CC(NC(=O)CC)C1. The number of carbonyl (C=O) groups excluding carboxylic acids is 1. The Morgan fingerprint density at radius 1 is 1.41 bits per heavy atom. The molecule has 0 spiro atoms. The van der Waals surface area contributed by atoms with Crippen molar-refractivity contribution in [2.75, 3.05) is 0 Å². The maximum Gasteiger partial charge on any atom is 0.219 e. The number of nitrogens with one attached hydrogen (secondary N) is 1. The number of fused-ring (bicyclic) bond motifs is 1. The monoisotopic (exact) mass is 361 g/mol. The summed E-state index contributed by atoms with van der Waals surface area (Å²) in [6.07, 6.45) is 9.77. The van der Waals surface area contributed by atoms with Crippen LogP contribution in [0.15, 0.2) is 18.2 Å². The summed E-state index contributed by atoms with van der Waals surface area (Å²) in [7, 11) is 0. The molecule has 1 amide bonds. The highest BCUT2D eigenvalue weighted by Crippen LogP contribution is 2.44. The molecule has 1 fully saturated rings. The highest BCUT2D eigenvalue weighted by molar-refractivity contribution is 5.86. The number of carbonyl (C=O) groups is 1. The quantitative estimate of drug-likeness (QED) is 0.788. The second kappa shape index (κ2) is 7.49. The van der Waals surface area contributed by atoms with Crippen LogP contribution in [0.3, 0.4) is 0 Å². The van der Waals surface area contributed by atoms with Crippen molar-refractivity contribution in [1.82, 2.24) is 9.88 Å². The van der Waals surface area contributed by atoms with Crippen LogP contribution in [0.25, 0.3) is 10.9 Å². The minimum atomic E-state index is -0.187. The first-order chi connectivity index (χ1) is 13.0. The van der Waals surface area contributed by atoms with Gasteiger partial charge in [0, 0.05) is 35.3 Å². The maximum absolute atomic E-state index is 11.6. The van der Waals surface area contributed by atoms with E-state index in [1.54, 1.807) is 0 Å². The molecule has 1 aliphatic rings. The molecule has 3 rings (SSSR count). The fourth-order valence-electron chi connectivity index (χ4n) is 4.27. The van der Waals surface area contributed by atoms with Crippen molar-refractivity contribution in [2.45, 2.75) is 65.5 Å². The van der Waals surface area contributed by atoms with Crippen LogP contribution in [0.1, 0.15) is 56.4 Å². The number of aryl methyl sites for hydroxylation is 3. The predicted molar refractivity (Wildman–Crippen MR) is 108 cm³/mol. The molecule has 1 saturated carbocycles. The molecular formula is C23H27N3O. The zero-order chi connectivity index (χ0) is 19.6. The van der Waals surface area contributed by atoms with E-state index in [9.17, 15) is 10.1 Å². The Morgan fingerprint density at radius 3 is 2.74 bits per heavy atom. The molecule has 4 heteroatoms. The minimum Gasteiger partial charge on any atom is -0.353 e. The number of amides is 1. The molecule has 4 nitrogen and oxygen atoms in total. The normalized spacial score (nSPS) is 21.3. The molecule has 140 valence electrons. The van der Waals surface area contributed by atoms with Crippen molar-refractivity contribution in [1.29, 1.82) is 5.26 Å². The summed E-state index contributed by atoms with van der Waals surface area (Å²) < 4.78 is 2.10. The Kier molecular flexibility index (Phi) is 5.29. The lowest BCUT2D eigenvalue weighted by atomic mass is 9.64. The van der Waals surface area contributed by atoms with Crippen molar-refractivity contribution in [3.8, 4) is 18.4 Å². The van der Waals surface area contributed by atoms with E-state index in [0.717, 1.165) is 43.1 Å². The van der Waals surface area contributed by atoms with Gasteiger partial charge in [-0.3, -0.25) is 4.79 Å². The van der Waals surface area contributed by atoms with Crippen LogP contribution in [0.2, 0.25) is 0 Å². The van der Waals surface area contributed by atoms with Gasteiger partial charge in [-0.25, -0.2) is 0 Å². The van der Waals surface area contributed by atoms with Crippen LogP contribution in [0.5, 0.6) is 0 Å². The Balaban J connectivity index is 1.79. The summed E-state index contributed by atoms with van der Waals surface area (Å²) in [5, 5.41) is 13.8. The first kappa shape index (κ1) is 19.1. The van der Waals surface area contributed by atoms with Crippen LogP contribution in [-0.4, -0.2) is 16.5 Å². The van der Waals surface area contributed by atoms with Gasteiger partial charge in [0.15, 0.2) is 0 Å². The average Bonchev–Trinajstić information content (AvgIpc) is 3.02. The summed E-state index contributed by atoms with van der Waals surface area (Å²) >= 11 is 0. The number of terminal acetylenes is 1. The van der Waals surface area contributed by atoms with Crippen molar-refractivity contribution >= 4 is 16.8 Å². The van der Waals surface area contributed by atoms with Gasteiger partial charge < -0.3 is 9.88 Å². The molecule has 0 bridgehead atoms. The highest BCUT2D eigenvalue weighted by Gasteiger charge is 2.43. The van der Waals surface area contributed by atoms with Gasteiger partial charge in [0.25, 0.3) is 0 Å². The molecule has 1 aliphatic carbocycles. The van der Waals surface area contributed by atoms with Gasteiger partial charge in [0.1, 0.15) is 11.8 Å². The van der Waals surface area contributed by atoms with E-state index >= 15 is 0 Å². The molecule has 1 N–H and O–H groups in total. The second-order valence-electron chi connectivity index (χ2n) is 7.63. The number of hydrogen-bond donors (Lipinski definition) is 1. The number of nitrogens with zero attached hydrogens (tertiary/aromatic N) is 2. The lowest BCUT2D eigenvalue weighted by molar-refractivity contribution is -0.122.